The largest absolute Gasteiger partial charge is 0.412 e. The average Bonchev–Trinajstić information content (AvgIpc) is 1.55. The van der Waals surface area contributed by atoms with Crippen LogP contribution in [0.2, 0.25) is 0 Å². The second-order valence-electron chi connectivity index (χ2n) is 1.76. The quantitative estimate of drug-likeness (QED) is 0.622. The molecule has 0 spiro atoms. The second-order valence-corrected chi connectivity index (χ2v) is 4.68. The summed E-state index contributed by atoms with van der Waals surface area (Å²) >= 11 is 0. The van der Waals surface area contributed by atoms with Gasteiger partial charge in [0.15, 0.2) is 0 Å². The van der Waals surface area contributed by atoms with Crippen molar-refractivity contribution in [1.29, 1.82) is 0 Å². The van der Waals surface area contributed by atoms with Crippen LogP contribution in [0.5, 0.6) is 0 Å². The van der Waals surface area contributed by atoms with Gasteiger partial charge in [-0.05, 0) is 6.42 Å². The van der Waals surface area contributed by atoms with E-state index in [9.17, 15) is 16.8 Å². The third-order valence-corrected chi connectivity index (χ3v) is 3.07. The zero-order valence-corrected chi connectivity index (χ0v) is 7.35. The molecule has 0 amide bonds. The SMILES string of the molecule is CCCS(=O)(=O)OS(=O)(=O)O. The monoisotopic (exact) mass is 204 g/mol. The van der Waals surface area contributed by atoms with Gasteiger partial charge in [-0.15, -0.1) is 3.63 Å². The standard InChI is InChI=1S/C3H8O6S2/c1-2-3-10(4,5)9-11(6,7)8/h2-3H2,1H3,(H,6,7,8). The fourth-order valence-electron chi connectivity index (χ4n) is 0.415. The Balaban J connectivity index is 4.40. The first-order valence-electron chi connectivity index (χ1n) is 2.68. The topological polar surface area (TPSA) is 97.7 Å². The molecule has 68 valence electrons. The number of hydrogen-bond donors (Lipinski definition) is 1. The number of hydrogen-bond acceptors (Lipinski definition) is 5. The molecule has 0 aliphatic rings. The molecule has 0 saturated heterocycles. The summed E-state index contributed by atoms with van der Waals surface area (Å²) in [5, 5.41) is 0. The fraction of sp³-hybridized carbons (Fsp3) is 1.00. The van der Waals surface area contributed by atoms with Gasteiger partial charge in [-0.1, -0.05) is 6.92 Å². The molecule has 0 saturated carbocycles. The minimum Gasteiger partial charge on any atom is -0.263 e. The van der Waals surface area contributed by atoms with Crippen LogP contribution in [-0.2, 0) is 24.1 Å². The van der Waals surface area contributed by atoms with Crippen molar-refractivity contribution in [1.82, 2.24) is 0 Å². The van der Waals surface area contributed by atoms with Gasteiger partial charge in [0, 0.05) is 0 Å². The average molecular weight is 204 g/mol. The zero-order chi connectivity index (χ0) is 9.12. The Morgan fingerprint density at radius 3 is 2.00 bits per heavy atom. The van der Waals surface area contributed by atoms with Crippen LogP contribution in [0.25, 0.3) is 0 Å². The van der Waals surface area contributed by atoms with E-state index in [4.69, 9.17) is 4.55 Å². The Bertz CT molecular complexity index is 297. The number of rotatable bonds is 4. The van der Waals surface area contributed by atoms with E-state index in [1.165, 1.54) is 6.92 Å². The van der Waals surface area contributed by atoms with Gasteiger partial charge in [0.05, 0.1) is 5.75 Å². The highest BCUT2D eigenvalue weighted by atomic mass is 32.3. The molecule has 0 radical (unpaired) electrons. The summed E-state index contributed by atoms with van der Waals surface area (Å²) in [4.78, 5) is 0. The van der Waals surface area contributed by atoms with Gasteiger partial charge >= 0.3 is 10.4 Å². The minimum atomic E-state index is -4.89. The lowest BCUT2D eigenvalue weighted by Crippen LogP contribution is -2.15. The molecule has 0 atom stereocenters. The molecule has 0 aliphatic heterocycles. The van der Waals surface area contributed by atoms with Crippen molar-refractivity contribution in [3.63, 3.8) is 0 Å². The zero-order valence-electron chi connectivity index (χ0n) is 5.72. The summed E-state index contributed by atoms with van der Waals surface area (Å²) < 4.78 is 52.0. The fourth-order valence-corrected chi connectivity index (χ4v) is 2.24. The molecule has 0 aliphatic carbocycles. The van der Waals surface area contributed by atoms with Crippen molar-refractivity contribution < 1.29 is 25.0 Å². The van der Waals surface area contributed by atoms with Crippen molar-refractivity contribution in [2.45, 2.75) is 13.3 Å². The molecule has 11 heavy (non-hydrogen) atoms. The summed E-state index contributed by atoms with van der Waals surface area (Å²) in [6, 6.07) is 0. The van der Waals surface area contributed by atoms with Gasteiger partial charge < -0.3 is 0 Å². The lowest BCUT2D eigenvalue weighted by atomic mass is 10.6. The van der Waals surface area contributed by atoms with Crippen LogP contribution in [0, 0.1) is 0 Å². The smallest absolute Gasteiger partial charge is 0.263 e. The van der Waals surface area contributed by atoms with Crippen LogP contribution in [-0.4, -0.2) is 27.1 Å². The molecule has 0 heterocycles. The van der Waals surface area contributed by atoms with Gasteiger partial charge in [0.2, 0.25) is 0 Å². The van der Waals surface area contributed by atoms with E-state index in [-0.39, 0.29) is 6.42 Å². The molecule has 6 nitrogen and oxygen atoms in total. The highest BCUT2D eigenvalue weighted by molar-refractivity contribution is 7.97. The summed E-state index contributed by atoms with van der Waals surface area (Å²) in [7, 11) is -9.02. The maximum Gasteiger partial charge on any atom is 0.412 e. The summed E-state index contributed by atoms with van der Waals surface area (Å²) in [5.74, 6) is -0.438. The summed E-state index contributed by atoms with van der Waals surface area (Å²) in [6.07, 6.45) is 0.220. The van der Waals surface area contributed by atoms with Crippen LogP contribution in [0.4, 0.5) is 0 Å². The van der Waals surface area contributed by atoms with Crippen molar-refractivity contribution in [3.8, 4) is 0 Å². The van der Waals surface area contributed by atoms with Gasteiger partial charge in [-0.2, -0.15) is 16.8 Å². The summed E-state index contributed by atoms with van der Waals surface area (Å²) in [6.45, 7) is 1.53. The van der Waals surface area contributed by atoms with E-state index in [1.807, 2.05) is 0 Å². The highest BCUT2D eigenvalue weighted by Crippen LogP contribution is 1.99. The highest BCUT2D eigenvalue weighted by Gasteiger charge is 2.18. The molecule has 1 N–H and O–H groups in total. The Hall–Kier alpha value is -0.180. The molecule has 0 bridgehead atoms. The molecule has 0 fully saturated rings. The predicted octanol–water partition coefficient (Wildman–Crippen LogP) is -0.454. The van der Waals surface area contributed by atoms with E-state index in [2.05, 4.69) is 3.63 Å². The predicted molar refractivity (Wildman–Crippen MR) is 36.7 cm³/mol. The third-order valence-electron chi connectivity index (χ3n) is 0.644. The van der Waals surface area contributed by atoms with Crippen LogP contribution in [0.3, 0.4) is 0 Å². The lowest BCUT2D eigenvalue weighted by Gasteiger charge is -1.97. The first kappa shape index (κ1) is 10.8. The third kappa shape index (κ3) is 6.23. The Morgan fingerprint density at radius 1 is 1.27 bits per heavy atom. The molecule has 8 heteroatoms. The van der Waals surface area contributed by atoms with Gasteiger partial charge in [-0.25, -0.2) is 0 Å². The molecular formula is C3H8O6S2. The Morgan fingerprint density at radius 2 is 1.73 bits per heavy atom. The molecular weight excluding hydrogens is 196 g/mol. The first-order valence-corrected chi connectivity index (χ1v) is 5.62. The molecule has 0 aromatic rings. The molecule has 0 unspecified atom stereocenters. The van der Waals surface area contributed by atoms with Gasteiger partial charge in [0.25, 0.3) is 10.1 Å². The van der Waals surface area contributed by atoms with E-state index >= 15 is 0 Å². The van der Waals surface area contributed by atoms with Crippen molar-refractivity contribution in [3.05, 3.63) is 0 Å². The second kappa shape index (κ2) is 3.48. The van der Waals surface area contributed by atoms with Crippen molar-refractivity contribution in [2.75, 3.05) is 5.75 Å². The summed E-state index contributed by atoms with van der Waals surface area (Å²) in [5.41, 5.74) is 0. The van der Waals surface area contributed by atoms with E-state index in [0.717, 1.165) is 0 Å². The van der Waals surface area contributed by atoms with Crippen molar-refractivity contribution in [2.24, 2.45) is 0 Å². The lowest BCUT2D eigenvalue weighted by molar-refractivity contribution is 0.383. The minimum absolute atomic E-state index is 0.220. The maximum absolute atomic E-state index is 10.5. The van der Waals surface area contributed by atoms with Crippen LogP contribution in [0.15, 0.2) is 0 Å². The van der Waals surface area contributed by atoms with Gasteiger partial charge in [0.1, 0.15) is 0 Å². The molecule has 0 aromatic carbocycles. The van der Waals surface area contributed by atoms with E-state index < -0.39 is 26.3 Å². The van der Waals surface area contributed by atoms with E-state index in [0.29, 0.717) is 0 Å². The Kier molecular flexibility index (Phi) is 3.42. The van der Waals surface area contributed by atoms with Crippen molar-refractivity contribution >= 4 is 20.5 Å². The molecule has 0 aromatic heterocycles. The maximum atomic E-state index is 10.5. The normalized spacial score (nSPS) is 13.3. The Labute approximate surface area is 65.3 Å². The van der Waals surface area contributed by atoms with Crippen LogP contribution in [0.1, 0.15) is 13.3 Å². The van der Waals surface area contributed by atoms with Gasteiger partial charge in [-0.3, -0.25) is 4.55 Å². The van der Waals surface area contributed by atoms with Crippen LogP contribution < -0.4 is 0 Å². The first-order chi connectivity index (χ1) is 4.77. The van der Waals surface area contributed by atoms with E-state index in [1.54, 1.807) is 0 Å². The van der Waals surface area contributed by atoms with Crippen LogP contribution >= 0.6 is 0 Å². The molecule has 0 rings (SSSR count).